The number of benzene rings is 2. The number of thiophene rings is 1. The standard InChI is InChI=1S/C23H18N2O2S2/c1-15-8-3-5-11-19(15)24-21(26)18(14-17-10-7-13-29-17)22(27)25(23(24)28)20-12-6-4-9-16(20)2/h3-14H,1-2H3. The molecule has 1 aromatic heterocycles. The van der Waals surface area contributed by atoms with Crippen molar-refractivity contribution in [3.8, 4) is 0 Å². The zero-order chi connectivity index (χ0) is 20.5. The lowest BCUT2D eigenvalue weighted by Crippen LogP contribution is -2.57. The number of anilines is 2. The Balaban J connectivity index is 1.92. The van der Waals surface area contributed by atoms with E-state index in [1.807, 2.05) is 79.9 Å². The summed E-state index contributed by atoms with van der Waals surface area (Å²) in [6, 6.07) is 18.8. The van der Waals surface area contributed by atoms with Crippen molar-refractivity contribution >= 4 is 57.9 Å². The van der Waals surface area contributed by atoms with Gasteiger partial charge in [-0.2, -0.15) is 0 Å². The summed E-state index contributed by atoms with van der Waals surface area (Å²) in [4.78, 5) is 30.6. The highest BCUT2D eigenvalue weighted by atomic mass is 32.1. The van der Waals surface area contributed by atoms with E-state index >= 15 is 0 Å². The number of rotatable bonds is 3. The van der Waals surface area contributed by atoms with Crippen LogP contribution in [0.15, 0.2) is 71.6 Å². The van der Waals surface area contributed by atoms with E-state index in [1.54, 1.807) is 6.08 Å². The van der Waals surface area contributed by atoms with E-state index in [2.05, 4.69) is 0 Å². The minimum absolute atomic E-state index is 0.0903. The number of carbonyl (C=O) groups excluding carboxylic acids is 2. The maximum absolute atomic E-state index is 13.4. The molecule has 0 unspecified atom stereocenters. The highest BCUT2D eigenvalue weighted by Crippen LogP contribution is 2.33. The minimum Gasteiger partial charge on any atom is -0.268 e. The fourth-order valence-corrected chi connectivity index (χ4v) is 4.32. The van der Waals surface area contributed by atoms with Gasteiger partial charge in [-0.3, -0.25) is 19.4 Å². The predicted octanol–water partition coefficient (Wildman–Crippen LogP) is 5.11. The van der Waals surface area contributed by atoms with E-state index in [1.165, 1.54) is 21.1 Å². The molecule has 0 bridgehead atoms. The van der Waals surface area contributed by atoms with Crippen LogP contribution in [0.5, 0.6) is 0 Å². The molecule has 0 aliphatic carbocycles. The van der Waals surface area contributed by atoms with Crippen molar-refractivity contribution in [2.24, 2.45) is 0 Å². The van der Waals surface area contributed by atoms with Gasteiger partial charge in [-0.1, -0.05) is 42.5 Å². The maximum atomic E-state index is 13.4. The van der Waals surface area contributed by atoms with E-state index in [9.17, 15) is 9.59 Å². The molecule has 0 spiro atoms. The molecule has 29 heavy (non-hydrogen) atoms. The van der Waals surface area contributed by atoms with Crippen LogP contribution < -0.4 is 9.80 Å². The average Bonchev–Trinajstić information content (AvgIpc) is 3.21. The van der Waals surface area contributed by atoms with Gasteiger partial charge >= 0.3 is 0 Å². The second-order valence-electron chi connectivity index (χ2n) is 6.71. The summed E-state index contributed by atoms with van der Waals surface area (Å²) in [5.74, 6) is -0.819. The van der Waals surface area contributed by atoms with Crippen LogP contribution in [0.1, 0.15) is 16.0 Å². The van der Waals surface area contributed by atoms with Gasteiger partial charge in [0.05, 0.1) is 11.4 Å². The van der Waals surface area contributed by atoms with Gasteiger partial charge in [-0.15, -0.1) is 11.3 Å². The first-order chi connectivity index (χ1) is 14.0. The normalized spacial score (nSPS) is 14.6. The van der Waals surface area contributed by atoms with Gasteiger partial charge in [-0.25, -0.2) is 0 Å². The lowest BCUT2D eigenvalue weighted by atomic mass is 10.1. The SMILES string of the molecule is Cc1ccccc1N1C(=O)C(=Cc2cccs2)C(=O)N(c2ccccc2C)C1=S. The van der Waals surface area contributed by atoms with Crippen molar-refractivity contribution < 1.29 is 9.59 Å². The molecule has 2 amide bonds. The lowest BCUT2D eigenvalue weighted by Gasteiger charge is -2.37. The van der Waals surface area contributed by atoms with Gasteiger partial charge in [0.15, 0.2) is 5.11 Å². The minimum atomic E-state index is -0.410. The Kier molecular flexibility index (Phi) is 5.13. The number of nitrogens with zero attached hydrogens (tertiary/aromatic N) is 2. The van der Waals surface area contributed by atoms with Crippen LogP contribution in [0, 0.1) is 13.8 Å². The second kappa shape index (κ2) is 7.73. The van der Waals surface area contributed by atoms with Crippen LogP contribution in [-0.4, -0.2) is 16.9 Å². The van der Waals surface area contributed by atoms with Gasteiger partial charge in [0.1, 0.15) is 5.57 Å². The molecule has 1 aliphatic rings. The number of thiocarbonyl (C=S) groups is 1. The fourth-order valence-electron chi connectivity index (χ4n) is 3.30. The molecular formula is C23H18N2O2S2. The highest BCUT2D eigenvalue weighted by Gasteiger charge is 2.41. The smallest absolute Gasteiger partial charge is 0.268 e. The number of carbonyl (C=O) groups is 2. The van der Waals surface area contributed by atoms with Crippen molar-refractivity contribution in [3.63, 3.8) is 0 Å². The monoisotopic (exact) mass is 418 g/mol. The molecule has 6 heteroatoms. The van der Waals surface area contributed by atoms with Crippen LogP contribution in [0.3, 0.4) is 0 Å². The van der Waals surface area contributed by atoms with Crippen LogP contribution in [0.4, 0.5) is 11.4 Å². The van der Waals surface area contributed by atoms with E-state index < -0.39 is 11.8 Å². The fraction of sp³-hybridized carbons (Fsp3) is 0.0870. The Morgan fingerprint density at radius 1 is 0.793 bits per heavy atom. The van der Waals surface area contributed by atoms with E-state index in [0.29, 0.717) is 11.4 Å². The zero-order valence-electron chi connectivity index (χ0n) is 16.0. The van der Waals surface area contributed by atoms with Crippen molar-refractivity contribution in [2.45, 2.75) is 13.8 Å². The Labute approximate surface area is 178 Å². The van der Waals surface area contributed by atoms with E-state index in [-0.39, 0.29) is 10.7 Å². The highest BCUT2D eigenvalue weighted by molar-refractivity contribution is 7.81. The number of hydrogen-bond donors (Lipinski definition) is 0. The van der Waals surface area contributed by atoms with Gasteiger partial charge in [0.25, 0.3) is 11.8 Å². The second-order valence-corrected chi connectivity index (χ2v) is 8.05. The molecule has 0 saturated carbocycles. The molecular weight excluding hydrogens is 400 g/mol. The number of amides is 2. The molecule has 3 aromatic rings. The topological polar surface area (TPSA) is 40.6 Å². The van der Waals surface area contributed by atoms with E-state index in [0.717, 1.165) is 16.0 Å². The molecule has 0 radical (unpaired) electrons. The summed E-state index contributed by atoms with van der Waals surface area (Å²) in [6.07, 6.45) is 1.65. The maximum Gasteiger partial charge on any atom is 0.270 e. The summed E-state index contributed by atoms with van der Waals surface area (Å²) in [7, 11) is 0. The summed E-state index contributed by atoms with van der Waals surface area (Å²) >= 11 is 7.14. The summed E-state index contributed by atoms with van der Waals surface area (Å²) in [6.45, 7) is 3.84. The first-order valence-corrected chi connectivity index (χ1v) is 10.4. The molecule has 144 valence electrons. The quantitative estimate of drug-likeness (QED) is 0.337. The zero-order valence-corrected chi connectivity index (χ0v) is 17.6. The number of para-hydroxylation sites is 2. The van der Waals surface area contributed by atoms with Crippen LogP contribution in [0.2, 0.25) is 0 Å². The summed E-state index contributed by atoms with van der Waals surface area (Å²) in [5.41, 5.74) is 3.24. The Hall–Kier alpha value is -3.09. The molecule has 0 N–H and O–H groups in total. The molecule has 1 saturated heterocycles. The van der Waals surface area contributed by atoms with Crippen molar-refractivity contribution in [1.82, 2.24) is 0 Å². The van der Waals surface area contributed by atoms with Crippen LogP contribution >= 0.6 is 23.6 Å². The van der Waals surface area contributed by atoms with Gasteiger partial charge in [0, 0.05) is 4.88 Å². The molecule has 4 rings (SSSR count). The molecule has 2 aromatic carbocycles. The molecule has 4 nitrogen and oxygen atoms in total. The van der Waals surface area contributed by atoms with Crippen molar-refractivity contribution in [1.29, 1.82) is 0 Å². The summed E-state index contributed by atoms with van der Waals surface area (Å²) < 4.78 is 0. The Morgan fingerprint density at radius 2 is 1.31 bits per heavy atom. The first-order valence-electron chi connectivity index (χ1n) is 9.08. The molecule has 2 heterocycles. The molecule has 1 fully saturated rings. The van der Waals surface area contributed by atoms with Crippen molar-refractivity contribution in [3.05, 3.63) is 87.6 Å². The number of aryl methyl sites for hydroxylation is 2. The van der Waals surface area contributed by atoms with Crippen LogP contribution in [0.25, 0.3) is 6.08 Å². The van der Waals surface area contributed by atoms with Gasteiger partial charge < -0.3 is 0 Å². The largest absolute Gasteiger partial charge is 0.270 e. The third-order valence-corrected chi connectivity index (χ3v) is 5.98. The van der Waals surface area contributed by atoms with Crippen molar-refractivity contribution in [2.75, 3.05) is 9.80 Å². The predicted molar refractivity (Wildman–Crippen MR) is 122 cm³/mol. The molecule has 1 aliphatic heterocycles. The average molecular weight is 419 g/mol. The first kappa shape index (κ1) is 19.2. The Bertz CT molecular complexity index is 1080. The molecule has 0 atom stereocenters. The Morgan fingerprint density at radius 3 is 1.76 bits per heavy atom. The van der Waals surface area contributed by atoms with E-state index in [4.69, 9.17) is 12.2 Å². The van der Waals surface area contributed by atoms with Gasteiger partial charge in [-0.05, 0) is 66.8 Å². The third-order valence-electron chi connectivity index (χ3n) is 4.79. The lowest BCUT2D eigenvalue weighted by molar-refractivity contribution is -0.120. The summed E-state index contributed by atoms with van der Waals surface area (Å²) in [5, 5.41) is 2.07. The van der Waals surface area contributed by atoms with Crippen LogP contribution in [-0.2, 0) is 9.59 Å². The van der Waals surface area contributed by atoms with Gasteiger partial charge in [0.2, 0.25) is 0 Å². The number of hydrogen-bond acceptors (Lipinski definition) is 4. The third kappa shape index (κ3) is 3.41.